The lowest BCUT2D eigenvalue weighted by atomic mass is 9.98. The van der Waals surface area contributed by atoms with Gasteiger partial charge in [-0.15, -0.1) is 0 Å². The number of hydrogen-bond donors (Lipinski definition) is 0. The highest BCUT2D eigenvalue weighted by atomic mass is 28.4. The molecular weight excluding hydrogens is 492 g/mol. The molecule has 1 heterocycles. The normalized spacial score (nSPS) is 24.8. The molecule has 12 heteroatoms. The SMILES string of the molecule is CC(=O)OC[C@H]1O[C@H](OC/C=C/CO[Si](C)(C)C(C)(C)C)[C@H](OC(C)=O)[C@@H](OC(C)=O)[C@@H]1OC(C)=O. The van der Waals surface area contributed by atoms with Gasteiger partial charge in [0.25, 0.3) is 0 Å². The maximum atomic E-state index is 11.8. The van der Waals surface area contributed by atoms with Crippen LogP contribution in [0, 0.1) is 0 Å². The second-order valence-corrected chi connectivity index (χ2v) is 14.8. The van der Waals surface area contributed by atoms with E-state index < -0.39 is 62.9 Å². The third kappa shape index (κ3) is 10.4. The van der Waals surface area contributed by atoms with Crippen molar-refractivity contribution in [2.24, 2.45) is 0 Å². The van der Waals surface area contributed by atoms with Gasteiger partial charge >= 0.3 is 23.9 Å². The van der Waals surface area contributed by atoms with E-state index in [1.807, 2.05) is 6.08 Å². The van der Waals surface area contributed by atoms with Crippen LogP contribution in [0.4, 0.5) is 0 Å². The molecule has 1 aliphatic rings. The first-order valence-corrected chi connectivity index (χ1v) is 14.7. The molecule has 1 aliphatic heterocycles. The smallest absolute Gasteiger partial charge is 0.303 e. The molecule has 0 aromatic heterocycles. The number of carbonyl (C=O) groups excluding carboxylic acids is 4. The van der Waals surface area contributed by atoms with E-state index in [0.29, 0.717) is 6.61 Å². The summed E-state index contributed by atoms with van der Waals surface area (Å²) in [4.78, 5) is 46.8. The molecule has 11 nitrogen and oxygen atoms in total. The van der Waals surface area contributed by atoms with Crippen molar-refractivity contribution in [2.45, 2.75) is 97.3 Å². The van der Waals surface area contributed by atoms with E-state index in [1.165, 1.54) is 13.8 Å². The van der Waals surface area contributed by atoms with E-state index in [2.05, 4.69) is 33.9 Å². The fourth-order valence-corrected chi connectivity index (χ4v) is 4.03. The first-order chi connectivity index (χ1) is 16.5. The summed E-state index contributed by atoms with van der Waals surface area (Å²) in [5, 5.41) is 0.0751. The van der Waals surface area contributed by atoms with Crippen LogP contribution in [0.3, 0.4) is 0 Å². The molecule has 0 amide bonds. The minimum Gasteiger partial charge on any atom is -0.463 e. The van der Waals surface area contributed by atoms with Crippen LogP contribution in [-0.2, 0) is 52.0 Å². The van der Waals surface area contributed by atoms with Crippen molar-refractivity contribution in [2.75, 3.05) is 19.8 Å². The van der Waals surface area contributed by atoms with Gasteiger partial charge in [0.15, 0.2) is 32.9 Å². The molecule has 206 valence electrons. The summed E-state index contributed by atoms with van der Waals surface area (Å²) in [7, 11) is -1.91. The Balaban J connectivity index is 3.06. The van der Waals surface area contributed by atoms with E-state index in [4.69, 9.17) is 32.8 Å². The van der Waals surface area contributed by atoms with Crippen LogP contribution in [0.1, 0.15) is 48.5 Å². The zero-order valence-corrected chi connectivity index (χ0v) is 23.7. The standard InChI is InChI=1S/C24H40O11Si/c1-15(25)30-14-19-20(32-16(2)26)21(33-17(3)27)22(34-18(4)28)23(35-19)29-12-10-11-13-31-36(8,9)24(5,6)7/h10-11,19-23H,12-14H2,1-9H3/b11-10+/t19-,20-,21+,22-,23+/m1/s1. The Morgan fingerprint density at radius 2 is 1.28 bits per heavy atom. The second-order valence-electron chi connectivity index (χ2n) is 9.94. The number of esters is 4. The van der Waals surface area contributed by atoms with Crippen LogP contribution in [0.5, 0.6) is 0 Å². The third-order valence-corrected chi connectivity index (χ3v) is 10.3. The summed E-state index contributed by atoms with van der Waals surface area (Å²) in [5.74, 6) is -2.68. The fourth-order valence-electron chi connectivity index (χ4n) is 3.08. The lowest BCUT2D eigenvalue weighted by Gasteiger charge is -2.43. The van der Waals surface area contributed by atoms with Gasteiger partial charge in [-0.3, -0.25) is 19.2 Å². The van der Waals surface area contributed by atoms with Crippen LogP contribution in [0.25, 0.3) is 0 Å². The molecule has 0 aromatic rings. The number of rotatable bonds is 11. The van der Waals surface area contributed by atoms with Gasteiger partial charge in [-0.25, -0.2) is 0 Å². The van der Waals surface area contributed by atoms with Gasteiger partial charge in [-0.1, -0.05) is 32.9 Å². The number of ether oxygens (including phenoxy) is 6. The Hall–Kier alpha value is -2.28. The highest BCUT2D eigenvalue weighted by molar-refractivity contribution is 6.74. The molecule has 1 fully saturated rings. The fraction of sp³-hybridized carbons (Fsp3) is 0.750. The average Bonchev–Trinajstić information content (AvgIpc) is 2.71. The van der Waals surface area contributed by atoms with Gasteiger partial charge in [-0.05, 0) is 18.1 Å². The van der Waals surface area contributed by atoms with Crippen molar-refractivity contribution in [3.63, 3.8) is 0 Å². The van der Waals surface area contributed by atoms with E-state index in [9.17, 15) is 19.2 Å². The molecule has 0 aromatic carbocycles. The van der Waals surface area contributed by atoms with Crippen molar-refractivity contribution in [1.82, 2.24) is 0 Å². The Labute approximate surface area is 213 Å². The molecule has 0 N–H and O–H groups in total. The topological polar surface area (TPSA) is 133 Å². The molecule has 0 unspecified atom stereocenters. The average molecular weight is 533 g/mol. The molecule has 36 heavy (non-hydrogen) atoms. The summed E-state index contributed by atoms with van der Waals surface area (Å²) in [6.45, 7) is 15.6. The lowest BCUT2D eigenvalue weighted by Crippen LogP contribution is -2.62. The minimum absolute atomic E-state index is 0.0502. The molecular formula is C24H40O11Si. The van der Waals surface area contributed by atoms with E-state index in [-0.39, 0.29) is 18.3 Å². The Kier molecular flexibility index (Phi) is 12.2. The largest absolute Gasteiger partial charge is 0.463 e. The number of carbonyl (C=O) groups is 4. The first kappa shape index (κ1) is 31.7. The van der Waals surface area contributed by atoms with Gasteiger partial charge in [0.05, 0.1) is 13.2 Å². The summed E-state index contributed by atoms with van der Waals surface area (Å²) in [5.41, 5.74) is 0. The quantitative estimate of drug-likeness (QED) is 0.168. The van der Waals surface area contributed by atoms with Gasteiger partial charge in [0.2, 0.25) is 0 Å². The lowest BCUT2D eigenvalue weighted by molar-refractivity contribution is -0.306. The zero-order chi connectivity index (χ0) is 27.7. The minimum atomic E-state index is -1.91. The molecule has 0 spiro atoms. The maximum absolute atomic E-state index is 11.8. The summed E-state index contributed by atoms with van der Waals surface area (Å²) in [6, 6.07) is 0. The Bertz CT molecular complexity index is 802. The van der Waals surface area contributed by atoms with Crippen LogP contribution >= 0.6 is 0 Å². The highest BCUT2D eigenvalue weighted by Crippen LogP contribution is 2.36. The predicted octanol–water partition coefficient (Wildman–Crippen LogP) is 2.66. The van der Waals surface area contributed by atoms with Crippen molar-refractivity contribution in [3.8, 4) is 0 Å². The van der Waals surface area contributed by atoms with E-state index in [0.717, 1.165) is 13.8 Å². The summed E-state index contributed by atoms with van der Waals surface area (Å²) in [6.07, 6.45) is -2.46. The van der Waals surface area contributed by atoms with Crippen LogP contribution in [0.15, 0.2) is 12.2 Å². The molecule has 0 bridgehead atoms. The summed E-state index contributed by atoms with van der Waals surface area (Å²) >= 11 is 0. The molecule has 1 saturated heterocycles. The summed E-state index contributed by atoms with van der Waals surface area (Å²) < 4.78 is 38.8. The zero-order valence-electron chi connectivity index (χ0n) is 22.7. The van der Waals surface area contributed by atoms with Crippen molar-refractivity contribution >= 4 is 32.2 Å². The number of hydrogen-bond acceptors (Lipinski definition) is 11. The Morgan fingerprint density at radius 1 is 0.778 bits per heavy atom. The van der Waals surface area contributed by atoms with Gasteiger partial charge in [-0.2, -0.15) is 0 Å². The molecule has 1 rings (SSSR count). The van der Waals surface area contributed by atoms with Gasteiger partial charge < -0.3 is 32.8 Å². The van der Waals surface area contributed by atoms with Crippen LogP contribution < -0.4 is 0 Å². The van der Waals surface area contributed by atoms with E-state index in [1.54, 1.807) is 6.08 Å². The molecule has 0 saturated carbocycles. The predicted molar refractivity (Wildman–Crippen MR) is 130 cm³/mol. The van der Waals surface area contributed by atoms with Crippen LogP contribution in [-0.4, -0.2) is 82.7 Å². The second kappa shape index (κ2) is 13.9. The third-order valence-electron chi connectivity index (χ3n) is 5.82. The van der Waals surface area contributed by atoms with Crippen molar-refractivity contribution in [1.29, 1.82) is 0 Å². The van der Waals surface area contributed by atoms with Gasteiger partial charge in [0.1, 0.15) is 12.7 Å². The maximum Gasteiger partial charge on any atom is 0.303 e. The Morgan fingerprint density at radius 3 is 1.78 bits per heavy atom. The first-order valence-electron chi connectivity index (χ1n) is 11.8. The van der Waals surface area contributed by atoms with Crippen LogP contribution in [0.2, 0.25) is 18.1 Å². The van der Waals surface area contributed by atoms with Gasteiger partial charge in [0, 0.05) is 27.7 Å². The molecule has 5 atom stereocenters. The molecule has 0 aliphatic carbocycles. The molecule has 0 radical (unpaired) electrons. The van der Waals surface area contributed by atoms with Crippen molar-refractivity contribution < 1.29 is 52.0 Å². The monoisotopic (exact) mass is 532 g/mol. The highest BCUT2D eigenvalue weighted by Gasteiger charge is 2.52. The van der Waals surface area contributed by atoms with E-state index >= 15 is 0 Å². The van der Waals surface area contributed by atoms with Crippen molar-refractivity contribution in [3.05, 3.63) is 12.2 Å².